The van der Waals surface area contributed by atoms with Gasteiger partial charge in [0.15, 0.2) is 11.5 Å². The van der Waals surface area contributed by atoms with Gasteiger partial charge in [0, 0.05) is 16.0 Å². The number of aromatic nitrogens is 5. The lowest BCUT2D eigenvalue weighted by atomic mass is 10.1. The normalized spacial score (nSPS) is 14.5. The van der Waals surface area contributed by atoms with Crippen LogP contribution in [0.4, 0.5) is 0 Å². The van der Waals surface area contributed by atoms with Crippen molar-refractivity contribution in [3.63, 3.8) is 0 Å². The topological polar surface area (TPSA) is 91.5 Å². The number of aromatic amines is 2. The third-order valence-corrected chi connectivity index (χ3v) is 7.97. The van der Waals surface area contributed by atoms with Gasteiger partial charge in [-0.25, -0.2) is 9.97 Å². The van der Waals surface area contributed by atoms with E-state index in [2.05, 4.69) is 38.7 Å². The molecule has 3 N–H and O–H groups in total. The summed E-state index contributed by atoms with van der Waals surface area (Å²) in [5.41, 5.74) is 7.02. The molecule has 0 amide bonds. The highest BCUT2D eigenvalue weighted by atomic mass is 35.5. The minimum Gasteiger partial charge on any atom is -0.490 e. The first-order chi connectivity index (χ1) is 18.2. The molecule has 0 atom stereocenters. The first-order valence-electron chi connectivity index (χ1n) is 12.3. The van der Waals surface area contributed by atoms with Crippen LogP contribution in [-0.2, 0) is 0 Å². The van der Waals surface area contributed by atoms with Gasteiger partial charge < -0.3 is 15.0 Å². The van der Waals surface area contributed by atoms with Crippen molar-refractivity contribution in [1.29, 1.82) is 0 Å². The minimum atomic E-state index is 0.246. The molecule has 37 heavy (non-hydrogen) atoms. The maximum atomic E-state index is 6.26. The second-order valence-corrected chi connectivity index (χ2v) is 10.9. The van der Waals surface area contributed by atoms with Gasteiger partial charge in [-0.05, 0) is 68.4 Å². The lowest BCUT2D eigenvalue weighted by Gasteiger charge is -2.24. The zero-order valence-electron chi connectivity index (χ0n) is 19.8. The summed E-state index contributed by atoms with van der Waals surface area (Å²) in [6, 6.07) is 22.2. The molecule has 2 aromatic carbocycles. The monoisotopic (exact) mass is 526 g/mol. The van der Waals surface area contributed by atoms with Gasteiger partial charge in [-0.3, -0.25) is 5.10 Å². The zero-order valence-corrected chi connectivity index (χ0v) is 21.4. The molecule has 1 saturated heterocycles. The molecule has 184 valence electrons. The molecule has 0 aliphatic carbocycles. The van der Waals surface area contributed by atoms with Crippen molar-refractivity contribution in [1.82, 2.24) is 30.5 Å². The van der Waals surface area contributed by atoms with E-state index in [9.17, 15) is 0 Å². The molecule has 0 saturated carbocycles. The van der Waals surface area contributed by atoms with E-state index in [4.69, 9.17) is 26.3 Å². The van der Waals surface area contributed by atoms with Crippen molar-refractivity contribution in [2.24, 2.45) is 0 Å². The highest BCUT2D eigenvalue weighted by Gasteiger charge is 2.18. The Labute approximate surface area is 221 Å². The number of nitrogens with zero attached hydrogens (tertiary/aromatic N) is 3. The van der Waals surface area contributed by atoms with Crippen molar-refractivity contribution in [2.75, 3.05) is 13.1 Å². The molecule has 0 bridgehead atoms. The molecule has 4 aromatic heterocycles. The number of benzene rings is 2. The molecule has 0 radical (unpaired) electrons. The number of pyridine rings is 1. The van der Waals surface area contributed by atoms with Crippen LogP contribution in [-0.4, -0.2) is 44.3 Å². The summed E-state index contributed by atoms with van der Waals surface area (Å²) in [5, 5.41) is 11.1. The number of H-pyrrole nitrogens is 2. The maximum Gasteiger partial charge on any atom is 0.161 e. The molecular formula is C28H23ClN6OS. The van der Waals surface area contributed by atoms with Crippen LogP contribution in [0.1, 0.15) is 12.8 Å². The summed E-state index contributed by atoms with van der Waals surface area (Å²) in [7, 11) is 0. The fourth-order valence-corrected chi connectivity index (χ4v) is 5.93. The number of piperidine rings is 1. The Bertz CT molecular complexity index is 1730. The SMILES string of the molecule is Clc1ccc(-c2cccc3[nH]c(-c4n[nH]c5ccc(-c6cccc(OC7CCNCC7)c6)nc45)nc23)s1. The van der Waals surface area contributed by atoms with Crippen molar-refractivity contribution in [3.05, 3.63) is 71.1 Å². The molecule has 1 fully saturated rings. The van der Waals surface area contributed by atoms with E-state index in [0.29, 0.717) is 11.5 Å². The summed E-state index contributed by atoms with van der Waals surface area (Å²) in [6.07, 6.45) is 2.28. The van der Waals surface area contributed by atoms with Crippen LogP contribution in [0.25, 0.3) is 55.3 Å². The summed E-state index contributed by atoms with van der Waals surface area (Å²) < 4.78 is 7.01. The smallest absolute Gasteiger partial charge is 0.161 e. The number of ether oxygens (including phenoxy) is 1. The largest absolute Gasteiger partial charge is 0.490 e. The molecular weight excluding hydrogens is 504 g/mol. The van der Waals surface area contributed by atoms with Gasteiger partial charge in [-0.1, -0.05) is 35.9 Å². The van der Waals surface area contributed by atoms with Gasteiger partial charge in [-0.2, -0.15) is 5.10 Å². The van der Waals surface area contributed by atoms with Crippen LogP contribution in [0.3, 0.4) is 0 Å². The first-order valence-corrected chi connectivity index (χ1v) is 13.5. The first kappa shape index (κ1) is 22.5. The molecule has 0 spiro atoms. The number of fused-ring (bicyclic) bond motifs is 2. The maximum absolute atomic E-state index is 6.26. The Morgan fingerprint density at radius 1 is 0.892 bits per heavy atom. The third kappa shape index (κ3) is 4.27. The Hall–Kier alpha value is -3.72. The van der Waals surface area contributed by atoms with E-state index in [1.807, 2.05) is 48.5 Å². The number of halogens is 1. The fourth-order valence-electron chi connectivity index (χ4n) is 4.86. The molecule has 1 aliphatic heterocycles. The second-order valence-electron chi connectivity index (χ2n) is 9.15. The van der Waals surface area contributed by atoms with Gasteiger partial charge in [0.05, 0.1) is 26.6 Å². The molecule has 5 heterocycles. The van der Waals surface area contributed by atoms with Crippen LogP contribution in [0.5, 0.6) is 5.75 Å². The molecule has 7 rings (SSSR count). The van der Waals surface area contributed by atoms with Crippen molar-refractivity contribution < 1.29 is 4.74 Å². The lowest BCUT2D eigenvalue weighted by Crippen LogP contribution is -2.34. The molecule has 1 aliphatic rings. The highest BCUT2D eigenvalue weighted by molar-refractivity contribution is 7.19. The number of hydrogen-bond acceptors (Lipinski definition) is 6. The van der Waals surface area contributed by atoms with Crippen LogP contribution in [0.2, 0.25) is 4.34 Å². The predicted molar refractivity (Wildman–Crippen MR) is 149 cm³/mol. The molecule has 0 unspecified atom stereocenters. The van der Waals surface area contributed by atoms with E-state index in [0.717, 1.165) is 79.8 Å². The summed E-state index contributed by atoms with van der Waals surface area (Å²) in [4.78, 5) is 14.4. The quantitative estimate of drug-likeness (QED) is 0.233. The van der Waals surface area contributed by atoms with Crippen molar-refractivity contribution in [3.8, 4) is 39.0 Å². The van der Waals surface area contributed by atoms with Gasteiger partial charge >= 0.3 is 0 Å². The van der Waals surface area contributed by atoms with Gasteiger partial charge in [0.25, 0.3) is 0 Å². The average Bonchev–Trinajstić information content (AvgIpc) is 3.66. The van der Waals surface area contributed by atoms with Crippen LogP contribution < -0.4 is 10.1 Å². The lowest BCUT2D eigenvalue weighted by molar-refractivity contribution is 0.162. The number of nitrogens with one attached hydrogen (secondary N) is 3. The Balaban J connectivity index is 1.26. The van der Waals surface area contributed by atoms with Crippen molar-refractivity contribution >= 4 is 45.0 Å². The summed E-state index contributed by atoms with van der Waals surface area (Å²) >= 11 is 7.74. The van der Waals surface area contributed by atoms with Gasteiger partial charge in [-0.15, -0.1) is 11.3 Å². The average molecular weight is 527 g/mol. The summed E-state index contributed by atoms with van der Waals surface area (Å²) in [6.45, 7) is 1.99. The fraction of sp³-hybridized carbons (Fsp3) is 0.179. The minimum absolute atomic E-state index is 0.246. The van der Waals surface area contributed by atoms with Crippen molar-refractivity contribution in [2.45, 2.75) is 18.9 Å². The molecule has 7 nitrogen and oxygen atoms in total. The number of rotatable bonds is 5. The van der Waals surface area contributed by atoms with Gasteiger partial charge in [0.2, 0.25) is 0 Å². The Morgan fingerprint density at radius 2 is 1.78 bits per heavy atom. The third-order valence-electron chi connectivity index (χ3n) is 6.70. The Kier molecular flexibility index (Phi) is 5.65. The number of imidazole rings is 1. The van der Waals surface area contributed by atoms with E-state index in [1.165, 1.54) is 0 Å². The van der Waals surface area contributed by atoms with Gasteiger partial charge in [0.1, 0.15) is 17.4 Å². The number of hydrogen-bond donors (Lipinski definition) is 3. The second kappa shape index (κ2) is 9.30. The van der Waals surface area contributed by atoms with Crippen LogP contribution >= 0.6 is 22.9 Å². The summed E-state index contributed by atoms with van der Waals surface area (Å²) in [5.74, 6) is 1.54. The van der Waals surface area contributed by atoms with Crippen LogP contribution in [0.15, 0.2) is 66.7 Å². The van der Waals surface area contributed by atoms with E-state index < -0.39 is 0 Å². The molecule has 6 aromatic rings. The standard InChI is InChI=1S/C28H23ClN6OS/c29-24-10-9-23(37-24)19-5-2-6-21-25(19)33-28(32-21)27-26-22(34-35-27)8-7-20(31-26)16-3-1-4-18(15-16)36-17-11-13-30-14-12-17/h1-10,15,17,30H,11-14H2,(H,32,33)(H,34,35). The Morgan fingerprint density at radius 3 is 2.65 bits per heavy atom. The predicted octanol–water partition coefficient (Wildman–Crippen LogP) is 6.68. The number of thiophene rings is 1. The van der Waals surface area contributed by atoms with E-state index in [-0.39, 0.29) is 6.10 Å². The zero-order chi connectivity index (χ0) is 24.8. The van der Waals surface area contributed by atoms with Crippen LogP contribution in [0, 0.1) is 0 Å². The molecule has 9 heteroatoms. The highest BCUT2D eigenvalue weighted by Crippen LogP contribution is 2.36. The van der Waals surface area contributed by atoms with E-state index >= 15 is 0 Å². The van der Waals surface area contributed by atoms with E-state index in [1.54, 1.807) is 11.3 Å². The number of para-hydroxylation sites is 1.